The van der Waals surface area contributed by atoms with E-state index in [0.29, 0.717) is 5.54 Å². The quantitative estimate of drug-likeness (QED) is 0.581. The molecule has 1 fully saturated rings. The fourth-order valence-corrected chi connectivity index (χ4v) is 4.17. The van der Waals surface area contributed by atoms with E-state index in [-0.39, 0.29) is 0 Å². The SMILES string of the molecule is CCCCNC1(CCCC)C[C@H](C)CC[C@H]1C(C)C. The van der Waals surface area contributed by atoms with Crippen LogP contribution in [0.1, 0.15) is 86.0 Å². The number of nitrogens with one attached hydrogen (secondary N) is 1. The second-order valence-electron chi connectivity index (χ2n) is 7.28. The molecular formula is C18H37N. The number of hydrogen-bond donors (Lipinski definition) is 1. The minimum absolute atomic E-state index is 0.441. The van der Waals surface area contributed by atoms with Gasteiger partial charge in [-0.25, -0.2) is 0 Å². The van der Waals surface area contributed by atoms with Gasteiger partial charge in [0.1, 0.15) is 0 Å². The van der Waals surface area contributed by atoms with Crippen molar-refractivity contribution >= 4 is 0 Å². The van der Waals surface area contributed by atoms with Crippen LogP contribution in [0.3, 0.4) is 0 Å². The molecule has 0 aromatic heterocycles. The molecule has 0 amide bonds. The first-order chi connectivity index (χ1) is 9.05. The molecule has 1 unspecified atom stereocenters. The zero-order valence-corrected chi connectivity index (χ0v) is 14.1. The monoisotopic (exact) mass is 267 g/mol. The molecule has 0 bridgehead atoms. The van der Waals surface area contributed by atoms with Crippen molar-refractivity contribution in [2.24, 2.45) is 17.8 Å². The summed E-state index contributed by atoms with van der Waals surface area (Å²) in [5.41, 5.74) is 0.441. The molecule has 19 heavy (non-hydrogen) atoms. The molecule has 0 saturated heterocycles. The summed E-state index contributed by atoms with van der Waals surface area (Å²) in [6, 6.07) is 0. The second-order valence-corrected chi connectivity index (χ2v) is 7.28. The van der Waals surface area contributed by atoms with Crippen molar-refractivity contribution in [3.05, 3.63) is 0 Å². The van der Waals surface area contributed by atoms with Gasteiger partial charge in [-0.3, -0.25) is 0 Å². The Morgan fingerprint density at radius 3 is 2.37 bits per heavy atom. The third kappa shape index (κ3) is 4.77. The molecule has 114 valence electrons. The van der Waals surface area contributed by atoms with Crippen LogP contribution < -0.4 is 5.32 Å². The van der Waals surface area contributed by atoms with E-state index < -0.39 is 0 Å². The summed E-state index contributed by atoms with van der Waals surface area (Å²) in [5.74, 6) is 2.60. The minimum Gasteiger partial charge on any atom is -0.311 e. The van der Waals surface area contributed by atoms with E-state index in [1.807, 2.05) is 0 Å². The van der Waals surface area contributed by atoms with Gasteiger partial charge < -0.3 is 5.32 Å². The van der Waals surface area contributed by atoms with Gasteiger partial charge in [-0.05, 0) is 50.0 Å². The zero-order chi connectivity index (χ0) is 14.3. The van der Waals surface area contributed by atoms with E-state index in [0.717, 1.165) is 17.8 Å². The first kappa shape index (κ1) is 17.0. The van der Waals surface area contributed by atoms with Gasteiger partial charge in [-0.1, -0.05) is 60.3 Å². The second kappa shape index (κ2) is 8.29. The number of unbranched alkanes of at least 4 members (excludes halogenated alkanes) is 2. The molecule has 1 rings (SSSR count). The van der Waals surface area contributed by atoms with Crippen molar-refractivity contribution < 1.29 is 0 Å². The van der Waals surface area contributed by atoms with Crippen LogP contribution in [0.15, 0.2) is 0 Å². The lowest BCUT2D eigenvalue weighted by Crippen LogP contribution is -2.56. The van der Waals surface area contributed by atoms with Crippen molar-refractivity contribution in [1.82, 2.24) is 5.32 Å². The highest BCUT2D eigenvalue weighted by Gasteiger charge is 2.42. The highest BCUT2D eigenvalue weighted by Crippen LogP contribution is 2.43. The molecule has 0 aromatic carbocycles. The zero-order valence-electron chi connectivity index (χ0n) is 14.1. The molecule has 0 aliphatic heterocycles. The summed E-state index contributed by atoms with van der Waals surface area (Å²) in [4.78, 5) is 0. The molecular weight excluding hydrogens is 230 g/mol. The minimum atomic E-state index is 0.441. The molecule has 1 nitrogen and oxygen atoms in total. The van der Waals surface area contributed by atoms with E-state index >= 15 is 0 Å². The lowest BCUT2D eigenvalue weighted by molar-refractivity contribution is 0.0647. The van der Waals surface area contributed by atoms with Crippen LogP contribution in [0.2, 0.25) is 0 Å². The van der Waals surface area contributed by atoms with Gasteiger partial charge in [0, 0.05) is 5.54 Å². The molecule has 1 aliphatic rings. The maximum atomic E-state index is 4.03. The third-order valence-corrected chi connectivity index (χ3v) is 5.18. The van der Waals surface area contributed by atoms with Crippen LogP contribution in [0.4, 0.5) is 0 Å². The fraction of sp³-hybridized carbons (Fsp3) is 1.00. The van der Waals surface area contributed by atoms with Gasteiger partial charge >= 0.3 is 0 Å². The van der Waals surface area contributed by atoms with E-state index in [9.17, 15) is 0 Å². The van der Waals surface area contributed by atoms with Gasteiger partial charge in [-0.15, -0.1) is 0 Å². The van der Waals surface area contributed by atoms with E-state index in [4.69, 9.17) is 0 Å². The van der Waals surface area contributed by atoms with Crippen molar-refractivity contribution in [2.75, 3.05) is 6.54 Å². The van der Waals surface area contributed by atoms with Crippen LogP contribution in [-0.2, 0) is 0 Å². The molecule has 0 heterocycles. The van der Waals surface area contributed by atoms with Crippen LogP contribution in [-0.4, -0.2) is 12.1 Å². The highest BCUT2D eigenvalue weighted by atomic mass is 15.0. The van der Waals surface area contributed by atoms with Gasteiger partial charge in [0.15, 0.2) is 0 Å². The molecule has 1 N–H and O–H groups in total. The number of rotatable bonds is 8. The Morgan fingerprint density at radius 1 is 1.11 bits per heavy atom. The average Bonchev–Trinajstić information content (AvgIpc) is 2.36. The molecule has 0 aromatic rings. The lowest BCUT2D eigenvalue weighted by Gasteiger charge is -2.49. The Hall–Kier alpha value is -0.0400. The summed E-state index contributed by atoms with van der Waals surface area (Å²) >= 11 is 0. The van der Waals surface area contributed by atoms with Crippen LogP contribution >= 0.6 is 0 Å². The van der Waals surface area contributed by atoms with Gasteiger partial charge in [0.25, 0.3) is 0 Å². The summed E-state index contributed by atoms with van der Waals surface area (Å²) in [5, 5.41) is 4.03. The summed E-state index contributed by atoms with van der Waals surface area (Å²) in [6.07, 6.45) is 11.0. The van der Waals surface area contributed by atoms with Crippen molar-refractivity contribution in [3.63, 3.8) is 0 Å². The Kier molecular flexibility index (Phi) is 7.42. The summed E-state index contributed by atoms with van der Waals surface area (Å²) < 4.78 is 0. The predicted octanol–water partition coefficient (Wildman–Crippen LogP) is 5.40. The van der Waals surface area contributed by atoms with Crippen molar-refractivity contribution in [3.8, 4) is 0 Å². The molecule has 1 heteroatoms. The Balaban J connectivity index is 2.79. The molecule has 1 aliphatic carbocycles. The largest absolute Gasteiger partial charge is 0.311 e. The summed E-state index contributed by atoms with van der Waals surface area (Å²) in [7, 11) is 0. The fourth-order valence-electron chi connectivity index (χ4n) is 4.17. The third-order valence-electron chi connectivity index (χ3n) is 5.18. The van der Waals surface area contributed by atoms with Crippen molar-refractivity contribution in [2.45, 2.75) is 91.5 Å². The maximum Gasteiger partial charge on any atom is 0.0214 e. The van der Waals surface area contributed by atoms with E-state index in [1.54, 1.807) is 0 Å². The van der Waals surface area contributed by atoms with E-state index in [1.165, 1.54) is 57.9 Å². The Labute approximate surface area is 121 Å². The molecule has 0 spiro atoms. The van der Waals surface area contributed by atoms with Crippen LogP contribution in [0.5, 0.6) is 0 Å². The Bertz CT molecular complexity index is 236. The smallest absolute Gasteiger partial charge is 0.0214 e. The Morgan fingerprint density at radius 2 is 1.79 bits per heavy atom. The molecule has 0 radical (unpaired) electrons. The molecule has 1 saturated carbocycles. The van der Waals surface area contributed by atoms with Gasteiger partial charge in [0.05, 0.1) is 0 Å². The summed E-state index contributed by atoms with van der Waals surface area (Å²) in [6.45, 7) is 13.2. The van der Waals surface area contributed by atoms with Gasteiger partial charge in [-0.2, -0.15) is 0 Å². The number of hydrogen-bond acceptors (Lipinski definition) is 1. The highest BCUT2D eigenvalue weighted by molar-refractivity contribution is 4.99. The maximum absolute atomic E-state index is 4.03. The van der Waals surface area contributed by atoms with Crippen molar-refractivity contribution in [1.29, 1.82) is 0 Å². The standard InChI is InChI=1S/C18H37N/c1-6-8-12-18(19-13-9-7-2)14-16(5)10-11-17(18)15(3)4/h15-17,19H,6-14H2,1-5H3/t16-,17+,18?/m1/s1. The van der Waals surface area contributed by atoms with Crippen LogP contribution in [0, 0.1) is 17.8 Å². The average molecular weight is 268 g/mol. The van der Waals surface area contributed by atoms with Crippen LogP contribution in [0.25, 0.3) is 0 Å². The van der Waals surface area contributed by atoms with Gasteiger partial charge in [0.2, 0.25) is 0 Å². The molecule has 3 atom stereocenters. The predicted molar refractivity (Wildman–Crippen MR) is 86.5 cm³/mol. The normalized spacial score (nSPS) is 31.9. The first-order valence-corrected chi connectivity index (χ1v) is 8.80. The topological polar surface area (TPSA) is 12.0 Å². The first-order valence-electron chi connectivity index (χ1n) is 8.80. The lowest BCUT2D eigenvalue weighted by atomic mass is 9.63. The van der Waals surface area contributed by atoms with E-state index in [2.05, 4.69) is 39.9 Å².